The monoisotopic (exact) mass is 333 g/mol. The van der Waals surface area contributed by atoms with Gasteiger partial charge in [0, 0.05) is 15.3 Å². The second-order valence-corrected chi connectivity index (χ2v) is 9.60. The van der Waals surface area contributed by atoms with Gasteiger partial charge in [-0.1, -0.05) is 36.0 Å². The molecule has 0 spiro atoms. The number of benzene rings is 2. The lowest BCUT2D eigenvalue weighted by Gasteiger charge is -2.61. The van der Waals surface area contributed by atoms with Gasteiger partial charge in [-0.3, -0.25) is 0 Å². The van der Waals surface area contributed by atoms with E-state index in [0.717, 1.165) is 17.8 Å². The van der Waals surface area contributed by atoms with Crippen molar-refractivity contribution in [2.75, 3.05) is 4.90 Å². The number of hydrogen-bond acceptors (Lipinski definition) is 2. The van der Waals surface area contributed by atoms with Crippen LogP contribution in [0.1, 0.15) is 38.5 Å². The van der Waals surface area contributed by atoms with Gasteiger partial charge in [-0.15, -0.1) is 0 Å². The quantitative estimate of drug-likeness (QED) is 0.606. The van der Waals surface area contributed by atoms with Gasteiger partial charge < -0.3 is 4.90 Å². The molecule has 122 valence electrons. The van der Waals surface area contributed by atoms with Crippen molar-refractivity contribution in [2.24, 2.45) is 17.8 Å². The molecule has 0 radical (unpaired) electrons. The molecule has 0 atom stereocenters. The Morgan fingerprint density at radius 2 is 1.17 bits per heavy atom. The largest absolute Gasteiger partial charge is 0.333 e. The predicted molar refractivity (Wildman–Crippen MR) is 100 cm³/mol. The van der Waals surface area contributed by atoms with Crippen LogP contribution in [-0.2, 0) is 0 Å². The summed E-state index contributed by atoms with van der Waals surface area (Å²) < 4.78 is 0. The van der Waals surface area contributed by atoms with E-state index in [4.69, 9.17) is 0 Å². The van der Waals surface area contributed by atoms with E-state index in [2.05, 4.69) is 53.4 Å². The van der Waals surface area contributed by atoms with Gasteiger partial charge in [-0.2, -0.15) is 0 Å². The smallest absolute Gasteiger partial charge is 0.0558 e. The fourth-order valence-electron chi connectivity index (χ4n) is 6.55. The second-order valence-electron chi connectivity index (χ2n) is 8.51. The molecule has 0 amide bonds. The summed E-state index contributed by atoms with van der Waals surface area (Å²) in [6.45, 7) is 0. The van der Waals surface area contributed by atoms with E-state index in [1.807, 2.05) is 11.8 Å². The van der Waals surface area contributed by atoms with Crippen molar-refractivity contribution in [3.63, 3.8) is 0 Å². The predicted octanol–water partition coefficient (Wildman–Crippen LogP) is 6.26. The molecular formula is C22H23NS. The zero-order chi connectivity index (χ0) is 15.7. The van der Waals surface area contributed by atoms with Crippen molar-refractivity contribution >= 4 is 23.1 Å². The van der Waals surface area contributed by atoms with Crippen LogP contribution in [-0.4, -0.2) is 5.54 Å². The molecule has 1 heterocycles. The first-order valence-corrected chi connectivity index (χ1v) is 10.3. The third-order valence-electron chi connectivity index (χ3n) is 6.91. The van der Waals surface area contributed by atoms with Crippen LogP contribution in [0.2, 0.25) is 0 Å². The van der Waals surface area contributed by atoms with Crippen LogP contribution in [0.25, 0.3) is 0 Å². The van der Waals surface area contributed by atoms with Crippen LogP contribution in [0, 0.1) is 17.8 Å². The fourth-order valence-corrected chi connectivity index (χ4v) is 7.61. The summed E-state index contributed by atoms with van der Waals surface area (Å²) in [5.74, 6) is 2.93. The van der Waals surface area contributed by atoms with Crippen LogP contribution >= 0.6 is 11.8 Å². The third kappa shape index (κ3) is 1.84. The van der Waals surface area contributed by atoms with E-state index in [0.29, 0.717) is 5.54 Å². The molecule has 1 aliphatic heterocycles. The van der Waals surface area contributed by atoms with Gasteiger partial charge in [-0.25, -0.2) is 0 Å². The van der Waals surface area contributed by atoms with Crippen molar-refractivity contribution in [3.05, 3.63) is 48.5 Å². The Kier molecular flexibility index (Phi) is 2.78. The summed E-state index contributed by atoms with van der Waals surface area (Å²) >= 11 is 1.95. The zero-order valence-corrected chi connectivity index (χ0v) is 14.8. The van der Waals surface area contributed by atoms with Crippen molar-refractivity contribution in [1.82, 2.24) is 0 Å². The maximum atomic E-state index is 2.79. The fraction of sp³-hybridized carbons (Fsp3) is 0.455. The molecule has 4 aliphatic carbocycles. The highest BCUT2D eigenvalue weighted by Gasteiger charge is 2.55. The number of para-hydroxylation sites is 2. The molecule has 7 rings (SSSR count). The lowest BCUT2D eigenvalue weighted by Crippen LogP contribution is -2.59. The lowest BCUT2D eigenvalue weighted by atomic mass is 9.52. The van der Waals surface area contributed by atoms with Gasteiger partial charge in [0.25, 0.3) is 0 Å². The summed E-state index contributed by atoms with van der Waals surface area (Å²) in [4.78, 5) is 5.66. The average molecular weight is 334 g/mol. The van der Waals surface area contributed by atoms with Crippen molar-refractivity contribution in [2.45, 2.75) is 53.9 Å². The van der Waals surface area contributed by atoms with E-state index >= 15 is 0 Å². The second kappa shape index (κ2) is 4.82. The molecule has 2 heteroatoms. The Labute approximate surface area is 148 Å². The van der Waals surface area contributed by atoms with Gasteiger partial charge in [0.1, 0.15) is 0 Å². The first-order chi connectivity index (χ1) is 11.8. The molecule has 0 saturated heterocycles. The Bertz CT molecular complexity index is 730. The van der Waals surface area contributed by atoms with Crippen molar-refractivity contribution in [1.29, 1.82) is 0 Å². The number of nitrogens with zero attached hydrogens (tertiary/aromatic N) is 1. The zero-order valence-electron chi connectivity index (χ0n) is 13.9. The van der Waals surface area contributed by atoms with Gasteiger partial charge in [0.05, 0.1) is 11.4 Å². The maximum absolute atomic E-state index is 2.79. The van der Waals surface area contributed by atoms with E-state index in [9.17, 15) is 0 Å². The summed E-state index contributed by atoms with van der Waals surface area (Å²) in [6.07, 6.45) is 8.74. The molecule has 0 aromatic heterocycles. The molecule has 4 saturated carbocycles. The van der Waals surface area contributed by atoms with Crippen LogP contribution < -0.4 is 4.90 Å². The summed E-state index contributed by atoms with van der Waals surface area (Å²) in [5, 5.41) is 0. The van der Waals surface area contributed by atoms with Gasteiger partial charge >= 0.3 is 0 Å². The topological polar surface area (TPSA) is 3.24 Å². The highest BCUT2D eigenvalue weighted by molar-refractivity contribution is 7.99. The molecule has 24 heavy (non-hydrogen) atoms. The summed E-state index contributed by atoms with van der Waals surface area (Å²) in [7, 11) is 0. The Hall–Kier alpha value is -1.41. The SMILES string of the molecule is c1ccc2c(c1)Sc1ccccc1N2C12CC3CC(CC(C3)C1)C2. The minimum atomic E-state index is 0.377. The molecule has 2 aromatic rings. The molecule has 4 bridgehead atoms. The molecule has 0 N–H and O–H groups in total. The van der Waals surface area contributed by atoms with E-state index in [1.54, 1.807) is 0 Å². The van der Waals surface area contributed by atoms with Crippen molar-refractivity contribution < 1.29 is 0 Å². The Morgan fingerprint density at radius 1 is 0.708 bits per heavy atom. The lowest BCUT2D eigenvalue weighted by molar-refractivity contribution is 0.000169. The normalized spacial score (nSPS) is 35.7. The molecule has 4 fully saturated rings. The van der Waals surface area contributed by atoms with Gasteiger partial charge in [0.15, 0.2) is 0 Å². The molecule has 5 aliphatic rings. The molecule has 1 nitrogen and oxygen atoms in total. The van der Waals surface area contributed by atoms with Crippen LogP contribution in [0.3, 0.4) is 0 Å². The van der Waals surface area contributed by atoms with Crippen molar-refractivity contribution in [3.8, 4) is 0 Å². The number of anilines is 2. The summed E-state index contributed by atoms with van der Waals surface area (Å²) in [5.41, 5.74) is 3.30. The van der Waals surface area contributed by atoms with Gasteiger partial charge in [0.2, 0.25) is 0 Å². The molecule has 2 aromatic carbocycles. The number of hydrogen-bond donors (Lipinski definition) is 0. The first kappa shape index (κ1) is 13.8. The minimum absolute atomic E-state index is 0.377. The maximum Gasteiger partial charge on any atom is 0.0558 e. The Balaban J connectivity index is 1.56. The first-order valence-electron chi connectivity index (χ1n) is 9.47. The minimum Gasteiger partial charge on any atom is -0.333 e. The third-order valence-corrected chi connectivity index (χ3v) is 8.04. The molecule has 0 unspecified atom stereocenters. The number of fused-ring (bicyclic) bond motifs is 2. The van der Waals surface area contributed by atoms with Crippen LogP contribution in [0.15, 0.2) is 58.3 Å². The average Bonchev–Trinajstić information content (AvgIpc) is 2.58. The van der Waals surface area contributed by atoms with Crippen LogP contribution in [0.5, 0.6) is 0 Å². The van der Waals surface area contributed by atoms with E-state index < -0.39 is 0 Å². The standard InChI is InChI=1S/C22H23NS/c1-3-7-20-18(5-1)23(19-6-2-4-8-21(19)24-20)22-12-15-9-16(13-22)11-17(10-15)14-22/h1-8,15-17H,9-14H2. The summed E-state index contributed by atoms with van der Waals surface area (Å²) in [6, 6.07) is 18.2. The van der Waals surface area contributed by atoms with E-state index in [1.165, 1.54) is 59.7 Å². The number of rotatable bonds is 1. The Morgan fingerprint density at radius 3 is 1.67 bits per heavy atom. The highest BCUT2D eigenvalue weighted by atomic mass is 32.2. The molecular weight excluding hydrogens is 310 g/mol. The van der Waals surface area contributed by atoms with Gasteiger partial charge in [-0.05, 0) is 80.5 Å². The van der Waals surface area contributed by atoms with Crippen LogP contribution in [0.4, 0.5) is 11.4 Å². The van der Waals surface area contributed by atoms with E-state index in [-0.39, 0.29) is 0 Å². The highest BCUT2D eigenvalue weighted by Crippen LogP contribution is 2.62.